The number of rotatable bonds is 5. The van der Waals surface area contributed by atoms with Gasteiger partial charge in [-0.15, -0.1) is 0 Å². The Bertz CT molecular complexity index is 1360. The van der Waals surface area contributed by atoms with Crippen LogP contribution in [0.15, 0.2) is 48.5 Å². The number of hydrogen-bond donors (Lipinski definition) is 4. The SMILES string of the molecule is CC(C)[C@@H]1COc2ccccc2C(=O)N[C@H](C(=O)NCC2(c3cccc(F)c3)CCOCC2)CCC(=O)NC(C)(C)C(=O)N1. The van der Waals surface area contributed by atoms with E-state index in [0.29, 0.717) is 31.8 Å². The lowest BCUT2D eigenvalue weighted by Gasteiger charge is -2.38. The van der Waals surface area contributed by atoms with E-state index in [1.807, 2.05) is 19.9 Å². The molecule has 0 unspecified atom stereocenters. The van der Waals surface area contributed by atoms with Crippen molar-refractivity contribution in [1.82, 2.24) is 21.3 Å². The van der Waals surface area contributed by atoms with Gasteiger partial charge in [0.2, 0.25) is 17.7 Å². The van der Waals surface area contributed by atoms with Crippen molar-refractivity contribution in [2.45, 2.75) is 76.4 Å². The largest absolute Gasteiger partial charge is 0.491 e. The zero-order valence-corrected chi connectivity index (χ0v) is 25.8. The molecule has 10 nitrogen and oxygen atoms in total. The Morgan fingerprint density at radius 1 is 1.05 bits per heavy atom. The number of ether oxygens (including phenoxy) is 2. The molecular formula is C33H43FN4O6. The minimum atomic E-state index is -1.23. The average molecular weight is 611 g/mol. The summed E-state index contributed by atoms with van der Waals surface area (Å²) < 4.78 is 25.8. The van der Waals surface area contributed by atoms with Gasteiger partial charge >= 0.3 is 0 Å². The summed E-state index contributed by atoms with van der Waals surface area (Å²) in [5, 5.41) is 11.5. The molecule has 0 bridgehead atoms. The van der Waals surface area contributed by atoms with Crippen molar-refractivity contribution in [2.75, 3.05) is 26.4 Å². The fourth-order valence-corrected chi connectivity index (χ4v) is 5.48. The van der Waals surface area contributed by atoms with E-state index in [9.17, 15) is 23.6 Å². The highest BCUT2D eigenvalue weighted by molar-refractivity contribution is 6.00. The Hall–Kier alpha value is -3.99. The summed E-state index contributed by atoms with van der Waals surface area (Å²) in [5.74, 6) is -1.89. The molecule has 2 aromatic rings. The van der Waals surface area contributed by atoms with Crippen LogP contribution in [0.2, 0.25) is 0 Å². The number of para-hydroxylation sites is 1. The minimum Gasteiger partial charge on any atom is -0.491 e. The maximum atomic E-state index is 14.2. The first-order valence-electron chi connectivity index (χ1n) is 15.2. The van der Waals surface area contributed by atoms with Gasteiger partial charge in [-0.3, -0.25) is 19.2 Å². The lowest BCUT2D eigenvalue weighted by Crippen LogP contribution is -2.58. The number of halogens is 1. The second-order valence-electron chi connectivity index (χ2n) is 12.5. The van der Waals surface area contributed by atoms with Crippen molar-refractivity contribution in [1.29, 1.82) is 0 Å². The van der Waals surface area contributed by atoms with Gasteiger partial charge in [0, 0.05) is 31.6 Å². The third-order valence-corrected chi connectivity index (χ3v) is 8.46. The van der Waals surface area contributed by atoms with Crippen molar-refractivity contribution >= 4 is 23.6 Å². The van der Waals surface area contributed by atoms with Crippen LogP contribution in [0.4, 0.5) is 4.39 Å². The standard InChI is InChI=1S/C33H43FN4O6/c1-21(2)26-19-44-27-11-6-5-10-24(27)29(40)36-25(12-13-28(39)38-32(3,4)31(42)37-26)30(41)35-20-33(14-16-43-17-15-33)22-8-7-9-23(34)18-22/h5-11,18,21,25-26H,12-17,19-20H2,1-4H3,(H,35,41)(H,36,40)(H,37,42)(H,38,39)/t25-,26-/m0/s1. The van der Waals surface area contributed by atoms with Crippen LogP contribution in [0.5, 0.6) is 5.75 Å². The highest BCUT2D eigenvalue weighted by Crippen LogP contribution is 2.34. The molecule has 238 valence electrons. The minimum absolute atomic E-state index is 0.00148. The van der Waals surface area contributed by atoms with E-state index >= 15 is 0 Å². The Morgan fingerprint density at radius 3 is 2.48 bits per heavy atom. The summed E-state index contributed by atoms with van der Waals surface area (Å²) in [7, 11) is 0. The van der Waals surface area contributed by atoms with Gasteiger partial charge in [0.1, 0.15) is 29.8 Å². The summed E-state index contributed by atoms with van der Waals surface area (Å²) >= 11 is 0. The normalized spacial score (nSPS) is 22.6. The van der Waals surface area contributed by atoms with Crippen LogP contribution in [-0.2, 0) is 24.5 Å². The molecule has 0 radical (unpaired) electrons. The number of carbonyl (C=O) groups excluding carboxylic acids is 4. The quantitative estimate of drug-likeness (QED) is 0.411. The monoisotopic (exact) mass is 610 g/mol. The van der Waals surface area contributed by atoms with E-state index < -0.39 is 40.8 Å². The second-order valence-corrected chi connectivity index (χ2v) is 12.5. The average Bonchev–Trinajstić information content (AvgIpc) is 2.99. The maximum absolute atomic E-state index is 14.2. The number of fused-ring (bicyclic) bond motifs is 1. The van der Waals surface area contributed by atoms with Gasteiger partial charge < -0.3 is 30.7 Å². The lowest BCUT2D eigenvalue weighted by molar-refractivity contribution is -0.133. The molecule has 4 rings (SSSR count). The molecule has 2 heterocycles. The van der Waals surface area contributed by atoms with Gasteiger partial charge in [0.25, 0.3) is 5.91 Å². The summed E-state index contributed by atoms with van der Waals surface area (Å²) in [6, 6.07) is 11.6. The fraction of sp³-hybridized carbons (Fsp3) is 0.515. The molecule has 44 heavy (non-hydrogen) atoms. The van der Waals surface area contributed by atoms with Crippen LogP contribution < -0.4 is 26.0 Å². The topological polar surface area (TPSA) is 135 Å². The molecule has 4 N–H and O–H groups in total. The number of benzene rings is 2. The van der Waals surface area contributed by atoms with Gasteiger partial charge in [0.15, 0.2) is 0 Å². The molecule has 0 aromatic heterocycles. The number of hydrogen-bond acceptors (Lipinski definition) is 6. The Kier molecular flexibility index (Phi) is 10.6. The Morgan fingerprint density at radius 2 is 1.77 bits per heavy atom. The van der Waals surface area contributed by atoms with Crippen LogP contribution in [0.3, 0.4) is 0 Å². The van der Waals surface area contributed by atoms with E-state index in [1.54, 1.807) is 44.2 Å². The highest BCUT2D eigenvalue weighted by atomic mass is 19.1. The van der Waals surface area contributed by atoms with Crippen LogP contribution in [0.1, 0.15) is 69.3 Å². The zero-order valence-electron chi connectivity index (χ0n) is 25.8. The van der Waals surface area contributed by atoms with E-state index in [4.69, 9.17) is 9.47 Å². The fourth-order valence-electron chi connectivity index (χ4n) is 5.48. The lowest BCUT2D eigenvalue weighted by atomic mass is 9.74. The van der Waals surface area contributed by atoms with Gasteiger partial charge in [-0.25, -0.2) is 4.39 Å². The van der Waals surface area contributed by atoms with Gasteiger partial charge in [-0.05, 0) is 68.9 Å². The number of amides is 4. The van der Waals surface area contributed by atoms with E-state index in [1.165, 1.54) is 12.1 Å². The first-order chi connectivity index (χ1) is 20.9. The molecule has 0 saturated carbocycles. The smallest absolute Gasteiger partial charge is 0.255 e. The predicted molar refractivity (Wildman–Crippen MR) is 163 cm³/mol. The Balaban J connectivity index is 1.59. The molecule has 1 saturated heterocycles. The molecule has 4 amide bonds. The van der Waals surface area contributed by atoms with E-state index in [-0.39, 0.29) is 49.2 Å². The molecule has 2 aliphatic rings. The zero-order chi connectivity index (χ0) is 31.9. The molecule has 0 spiro atoms. The molecular weight excluding hydrogens is 567 g/mol. The third-order valence-electron chi connectivity index (χ3n) is 8.46. The first kappa shape index (κ1) is 32.9. The van der Waals surface area contributed by atoms with Crippen LogP contribution >= 0.6 is 0 Å². The van der Waals surface area contributed by atoms with Crippen LogP contribution in [-0.4, -0.2) is 67.6 Å². The highest BCUT2D eigenvalue weighted by Gasteiger charge is 2.37. The third kappa shape index (κ3) is 8.13. The van der Waals surface area contributed by atoms with Gasteiger partial charge in [-0.2, -0.15) is 0 Å². The summed E-state index contributed by atoms with van der Waals surface area (Å²) in [4.78, 5) is 53.4. The second kappa shape index (κ2) is 14.2. The summed E-state index contributed by atoms with van der Waals surface area (Å²) in [6.07, 6.45) is 1.02. The van der Waals surface area contributed by atoms with Crippen molar-refractivity contribution < 1.29 is 33.0 Å². The van der Waals surface area contributed by atoms with Crippen LogP contribution in [0, 0.1) is 11.7 Å². The van der Waals surface area contributed by atoms with Crippen molar-refractivity contribution in [3.63, 3.8) is 0 Å². The maximum Gasteiger partial charge on any atom is 0.255 e. The Labute approximate surface area is 257 Å². The molecule has 2 aromatic carbocycles. The molecule has 0 aliphatic carbocycles. The van der Waals surface area contributed by atoms with Crippen molar-refractivity contribution in [3.8, 4) is 5.75 Å². The van der Waals surface area contributed by atoms with Crippen molar-refractivity contribution in [3.05, 3.63) is 65.5 Å². The molecule has 2 aliphatic heterocycles. The number of nitrogens with one attached hydrogen (secondary N) is 4. The van der Waals surface area contributed by atoms with E-state index in [2.05, 4.69) is 21.3 Å². The summed E-state index contributed by atoms with van der Waals surface area (Å²) in [6.45, 7) is 8.31. The van der Waals surface area contributed by atoms with Crippen LogP contribution in [0.25, 0.3) is 0 Å². The van der Waals surface area contributed by atoms with Gasteiger partial charge in [-0.1, -0.05) is 38.1 Å². The van der Waals surface area contributed by atoms with Crippen molar-refractivity contribution in [2.24, 2.45) is 5.92 Å². The predicted octanol–water partition coefficient (Wildman–Crippen LogP) is 3.00. The molecule has 11 heteroatoms. The van der Waals surface area contributed by atoms with Gasteiger partial charge in [0.05, 0.1) is 11.6 Å². The number of carbonyl (C=O) groups is 4. The molecule has 1 fully saturated rings. The first-order valence-corrected chi connectivity index (χ1v) is 15.2. The summed E-state index contributed by atoms with van der Waals surface area (Å²) in [5.41, 5.74) is -0.802. The van der Waals surface area contributed by atoms with E-state index in [0.717, 1.165) is 5.56 Å². The molecule has 2 atom stereocenters.